The van der Waals surface area contributed by atoms with E-state index in [1.165, 1.54) is 103 Å². The first kappa shape index (κ1) is 22.5. The van der Waals surface area contributed by atoms with Crippen LogP contribution in [0.15, 0.2) is 24.3 Å². The molecule has 1 heteroatoms. The Bertz CT molecular complexity index is 344. The Morgan fingerprint density at radius 1 is 0.640 bits per heavy atom. The summed E-state index contributed by atoms with van der Waals surface area (Å²) in [6.07, 6.45) is 33.6. The van der Waals surface area contributed by atoms with Crippen molar-refractivity contribution in [3.05, 3.63) is 24.3 Å². The number of rotatable bonds is 17. The van der Waals surface area contributed by atoms with E-state index in [4.69, 9.17) is 5.73 Å². The minimum Gasteiger partial charge on any atom is -0.322 e. The minimum absolute atomic E-state index is 0.0508. The summed E-state index contributed by atoms with van der Waals surface area (Å²) in [5.41, 5.74) is 6.33. The van der Waals surface area contributed by atoms with Crippen LogP contribution in [0.1, 0.15) is 122 Å². The zero-order valence-corrected chi connectivity index (χ0v) is 17.1. The Morgan fingerprint density at radius 2 is 1.08 bits per heavy atom. The average Bonchev–Trinajstić information content (AvgIpc) is 2.62. The van der Waals surface area contributed by atoms with Crippen LogP contribution in [0.5, 0.6) is 0 Å². The Hall–Kier alpha value is -0.560. The topological polar surface area (TPSA) is 26.0 Å². The summed E-state index contributed by atoms with van der Waals surface area (Å²) in [7, 11) is 0. The number of allylic oxidation sites excluding steroid dienone is 2. The third-order valence-electron chi connectivity index (χ3n) is 5.67. The van der Waals surface area contributed by atoms with Gasteiger partial charge in [0.15, 0.2) is 0 Å². The van der Waals surface area contributed by atoms with Gasteiger partial charge in [0.05, 0.1) is 0 Å². The molecular formula is C24H45N. The molecule has 0 radical (unpaired) electrons. The molecule has 1 unspecified atom stereocenters. The maximum atomic E-state index is 6.38. The smallest absolute Gasteiger partial charge is 0.0377 e. The molecule has 0 heterocycles. The standard InChI is InChI=1S/C24H45N/c1-2-3-4-5-6-7-8-9-10-11-12-13-14-15-16-18-21-24(25)22-19-17-20-23-24/h17,19-20,22H,2-16,18,21,23,25H2,1H3. The number of nitrogens with two attached hydrogens (primary N) is 1. The molecule has 0 saturated carbocycles. The van der Waals surface area contributed by atoms with Crippen molar-refractivity contribution in [3.8, 4) is 0 Å². The molecule has 0 bridgehead atoms. The van der Waals surface area contributed by atoms with E-state index in [0.29, 0.717) is 0 Å². The molecule has 0 aliphatic heterocycles. The number of unbranched alkanes of at least 4 members (excludes halogenated alkanes) is 15. The number of hydrogen-bond donors (Lipinski definition) is 1. The van der Waals surface area contributed by atoms with Gasteiger partial charge in [-0.1, -0.05) is 134 Å². The molecule has 2 N–H and O–H groups in total. The van der Waals surface area contributed by atoms with Crippen LogP contribution in [0.25, 0.3) is 0 Å². The third-order valence-corrected chi connectivity index (χ3v) is 5.67. The third kappa shape index (κ3) is 13.3. The van der Waals surface area contributed by atoms with Gasteiger partial charge in [0.1, 0.15) is 0 Å². The van der Waals surface area contributed by atoms with Crippen molar-refractivity contribution < 1.29 is 0 Å². The van der Waals surface area contributed by atoms with E-state index in [2.05, 4.69) is 31.2 Å². The SMILES string of the molecule is CCCCCCCCCCCCCCCCCCC1(N)C=CC=CC1. The molecular weight excluding hydrogens is 302 g/mol. The van der Waals surface area contributed by atoms with Crippen molar-refractivity contribution in [2.75, 3.05) is 0 Å². The maximum absolute atomic E-state index is 6.38. The summed E-state index contributed by atoms with van der Waals surface area (Å²) < 4.78 is 0. The van der Waals surface area contributed by atoms with Gasteiger partial charge in [-0.3, -0.25) is 0 Å². The summed E-state index contributed by atoms with van der Waals surface area (Å²) >= 11 is 0. The average molecular weight is 348 g/mol. The molecule has 1 atom stereocenters. The molecule has 0 fully saturated rings. The normalized spacial score (nSPS) is 19.6. The summed E-state index contributed by atoms with van der Waals surface area (Å²) in [4.78, 5) is 0. The van der Waals surface area contributed by atoms with Crippen LogP contribution in [-0.4, -0.2) is 5.54 Å². The monoisotopic (exact) mass is 347 g/mol. The van der Waals surface area contributed by atoms with Gasteiger partial charge < -0.3 is 5.73 Å². The van der Waals surface area contributed by atoms with Crippen LogP contribution in [0.2, 0.25) is 0 Å². The van der Waals surface area contributed by atoms with Gasteiger partial charge in [-0.2, -0.15) is 0 Å². The van der Waals surface area contributed by atoms with Crippen molar-refractivity contribution in [2.24, 2.45) is 5.73 Å². The Morgan fingerprint density at radius 3 is 1.48 bits per heavy atom. The molecule has 0 aromatic rings. The second kappa shape index (κ2) is 15.7. The first-order valence-corrected chi connectivity index (χ1v) is 11.4. The highest BCUT2D eigenvalue weighted by molar-refractivity contribution is 5.19. The summed E-state index contributed by atoms with van der Waals surface area (Å²) in [5, 5.41) is 0. The van der Waals surface area contributed by atoms with Crippen LogP contribution >= 0.6 is 0 Å². The van der Waals surface area contributed by atoms with E-state index in [0.717, 1.165) is 12.8 Å². The van der Waals surface area contributed by atoms with Crippen LogP contribution in [0.3, 0.4) is 0 Å². The fourth-order valence-electron chi connectivity index (χ4n) is 3.87. The summed E-state index contributed by atoms with van der Waals surface area (Å²) in [6.45, 7) is 2.29. The molecule has 1 aliphatic rings. The molecule has 1 nitrogen and oxygen atoms in total. The fraction of sp³-hybridized carbons (Fsp3) is 0.833. The largest absolute Gasteiger partial charge is 0.322 e. The predicted molar refractivity (Wildman–Crippen MR) is 114 cm³/mol. The van der Waals surface area contributed by atoms with E-state index < -0.39 is 0 Å². The van der Waals surface area contributed by atoms with Gasteiger partial charge in [0, 0.05) is 5.54 Å². The van der Waals surface area contributed by atoms with Crippen LogP contribution in [0.4, 0.5) is 0 Å². The highest BCUT2D eigenvalue weighted by Gasteiger charge is 2.20. The van der Waals surface area contributed by atoms with Gasteiger partial charge in [-0.05, 0) is 12.8 Å². The lowest BCUT2D eigenvalue weighted by molar-refractivity contribution is 0.449. The van der Waals surface area contributed by atoms with Gasteiger partial charge in [0.2, 0.25) is 0 Å². The van der Waals surface area contributed by atoms with E-state index in [-0.39, 0.29) is 5.54 Å². The molecule has 1 rings (SSSR count). The zero-order valence-electron chi connectivity index (χ0n) is 17.1. The first-order valence-electron chi connectivity index (χ1n) is 11.4. The Balaban J connectivity index is 1.73. The molecule has 0 aromatic carbocycles. The lowest BCUT2D eigenvalue weighted by atomic mass is 9.87. The molecule has 146 valence electrons. The second-order valence-electron chi connectivity index (χ2n) is 8.28. The van der Waals surface area contributed by atoms with E-state index in [1.54, 1.807) is 0 Å². The van der Waals surface area contributed by atoms with E-state index in [9.17, 15) is 0 Å². The fourth-order valence-corrected chi connectivity index (χ4v) is 3.87. The van der Waals surface area contributed by atoms with Crippen LogP contribution in [-0.2, 0) is 0 Å². The van der Waals surface area contributed by atoms with Crippen molar-refractivity contribution in [2.45, 2.75) is 128 Å². The van der Waals surface area contributed by atoms with E-state index >= 15 is 0 Å². The highest BCUT2D eigenvalue weighted by atomic mass is 14.7. The molecule has 1 aliphatic carbocycles. The minimum atomic E-state index is -0.0508. The Kier molecular flexibility index (Phi) is 14.1. The lowest BCUT2D eigenvalue weighted by Crippen LogP contribution is -2.37. The van der Waals surface area contributed by atoms with Gasteiger partial charge in [0.25, 0.3) is 0 Å². The quantitative estimate of drug-likeness (QED) is 0.266. The van der Waals surface area contributed by atoms with Gasteiger partial charge in [-0.15, -0.1) is 0 Å². The van der Waals surface area contributed by atoms with Gasteiger partial charge >= 0.3 is 0 Å². The van der Waals surface area contributed by atoms with Crippen LogP contribution < -0.4 is 5.73 Å². The summed E-state index contributed by atoms with van der Waals surface area (Å²) in [6, 6.07) is 0. The van der Waals surface area contributed by atoms with Crippen molar-refractivity contribution in [3.63, 3.8) is 0 Å². The molecule has 0 spiro atoms. The van der Waals surface area contributed by atoms with Crippen molar-refractivity contribution in [1.82, 2.24) is 0 Å². The van der Waals surface area contributed by atoms with Crippen molar-refractivity contribution in [1.29, 1.82) is 0 Å². The maximum Gasteiger partial charge on any atom is 0.0377 e. The molecule has 25 heavy (non-hydrogen) atoms. The van der Waals surface area contributed by atoms with Crippen molar-refractivity contribution >= 4 is 0 Å². The lowest BCUT2D eigenvalue weighted by Gasteiger charge is -2.26. The predicted octanol–water partition coefficient (Wildman–Crippen LogP) is 7.85. The number of hydrogen-bond acceptors (Lipinski definition) is 1. The summed E-state index contributed by atoms with van der Waals surface area (Å²) in [5.74, 6) is 0. The second-order valence-corrected chi connectivity index (χ2v) is 8.28. The van der Waals surface area contributed by atoms with Gasteiger partial charge in [-0.25, -0.2) is 0 Å². The van der Waals surface area contributed by atoms with E-state index in [1.807, 2.05) is 0 Å². The Labute approximate surface area is 158 Å². The first-order chi connectivity index (χ1) is 12.3. The molecule has 0 amide bonds. The highest BCUT2D eigenvalue weighted by Crippen LogP contribution is 2.22. The molecule has 0 aromatic heterocycles. The molecule has 0 saturated heterocycles. The van der Waals surface area contributed by atoms with Crippen LogP contribution in [0, 0.1) is 0 Å². The zero-order chi connectivity index (χ0) is 18.1.